The Morgan fingerprint density at radius 2 is 1.30 bits per heavy atom. The highest BCUT2D eigenvalue weighted by molar-refractivity contribution is 6.42. The molecule has 10 heavy (non-hydrogen) atoms. The summed E-state index contributed by atoms with van der Waals surface area (Å²) in [6.45, 7) is 0. The second-order valence-corrected chi connectivity index (χ2v) is 2.55. The summed E-state index contributed by atoms with van der Waals surface area (Å²) in [5.41, 5.74) is 2.43. The van der Waals surface area contributed by atoms with Crippen LogP contribution in [0.25, 0.3) is 0 Å². The second kappa shape index (κ2) is 3.49. The van der Waals surface area contributed by atoms with Gasteiger partial charge < -0.3 is 0 Å². The molecule has 1 saturated carbocycles. The molecule has 56 valence electrons. The molecule has 1 aliphatic rings. The lowest BCUT2D eigenvalue weighted by Crippen LogP contribution is -2.18. The van der Waals surface area contributed by atoms with E-state index in [0.717, 1.165) is 12.8 Å². The van der Waals surface area contributed by atoms with Crippen LogP contribution < -0.4 is 0 Å². The molecule has 0 aromatic heterocycles. The normalized spacial score (nSPS) is 27.8. The number of aliphatic imine (C=N–C) groups is 2. The lowest BCUT2D eigenvalue weighted by atomic mass is 9.96. The standard InChI is InChI=1S/C8H14N2/c1-9-7-5-3-4-6-8(7)10-2/h3-6H2,1-2H3. The fraction of sp³-hybridized carbons (Fsp3) is 0.750. The van der Waals surface area contributed by atoms with Crippen molar-refractivity contribution in [1.82, 2.24) is 0 Å². The topological polar surface area (TPSA) is 24.7 Å². The fourth-order valence-electron chi connectivity index (χ4n) is 1.36. The molecule has 2 nitrogen and oxygen atoms in total. The minimum absolute atomic E-state index is 1.13. The maximum absolute atomic E-state index is 4.19. The number of rotatable bonds is 0. The highest BCUT2D eigenvalue weighted by Gasteiger charge is 2.12. The van der Waals surface area contributed by atoms with Crippen molar-refractivity contribution in [2.24, 2.45) is 9.98 Å². The van der Waals surface area contributed by atoms with Gasteiger partial charge in [-0.05, 0) is 25.7 Å². The van der Waals surface area contributed by atoms with Gasteiger partial charge in [-0.15, -0.1) is 0 Å². The summed E-state index contributed by atoms with van der Waals surface area (Å²) >= 11 is 0. The van der Waals surface area contributed by atoms with Crippen molar-refractivity contribution in [3.05, 3.63) is 0 Å². The predicted molar refractivity (Wildman–Crippen MR) is 45.2 cm³/mol. The van der Waals surface area contributed by atoms with Gasteiger partial charge in [0.1, 0.15) is 0 Å². The predicted octanol–water partition coefficient (Wildman–Crippen LogP) is 1.70. The van der Waals surface area contributed by atoms with Gasteiger partial charge in [0, 0.05) is 14.1 Å². The molecule has 0 aromatic carbocycles. The molecule has 0 atom stereocenters. The zero-order valence-electron chi connectivity index (χ0n) is 6.72. The van der Waals surface area contributed by atoms with E-state index in [9.17, 15) is 0 Å². The van der Waals surface area contributed by atoms with Gasteiger partial charge in [-0.2, -0.15) is 0 Å². The molecule has 0 aliphatic heterocycles. The van der Waals surface area contributed by atoms with Gasteiger partial charge in [0.25, 0.3) is 0 Å². The maximum Gasteiger partial charge on any atom is 0.0554 e. The van der Waals surface area contributed by atoms with Crippen molar-refractivity contribution >= 4 is 11.4 Å². The average molecular weight is 138 g/mol. The molecular formula is C8H14N2. The quantitative estimate of drug-likeness (QED) is 0.487. The maximum atomic E-state index is 4.19. The Morgan fingerprint density at radius 1 is 0.900 bits per heavy atom. The van der Waals surface area contributed by atoms with Gasteiger partial charge in [0.2, 0.25) is 0 Å². The third kappa shape index (κ3) is 1.43. The van der Waals surface area contributed by atoms with Crippen LogP contribution >= 0.6 is 0 Å². The van der Waals surface area contributed by atoms with E-state index in [1.807, 2.05) is 14.1 Å². The lowest BCUT2D eigenvalue weighted by Gasteiger charge is -2.13. The van der Waals surface area contributed by atoms with Gasteiger partial charge in [-0.1, -0.05) is 0 Å². The Morgan fingerprint density at radius 3 is 1.60 bits per heavy atom. The number of nitrogens with zero attached hydrogens (tertiary/aromatic N) is 2. The zero-order valence-corrected chi connectivity index (χ0v) is 6.72. The summed E-state index contributed by atoms with van der Waals surface area (Å²) in [6.07, 6.45) is 4.82. The monoisotopic (exact) mass is 138 g/mol. The fourth-order valence-corrected chi connectivity index (χ4v) is 1.36. The third-order valence-corrected chi connectivity index (χ3v) is 1.95. The van der Waals surface area contributed by atoms with Gasteiger partial charge in [0.15, 0.2) is 0 Å². The van der Waals surface area contributed by atoms with Crippen LogP contribution in [0.4, 0.5) is 0 Å². The van der Waals surface area contributed by atoms with Crippen LogP contribution in [0.2, 0.25) is 0 Å². The van der Waals surface area contributed by atoms with Gasteiger partial charge in [-0.25, -0.2) is 0 Å². The van der Waals surface area contributed by atoms with Gasteiger partial charge in [-0.3, -0.25) is 9.98 Å². The Bertz CT molecular complexity index is 148. The summed E-state index contributed by atoms with van der Waals surface area (Å²) in [6, 6.07) is 0. The molecular weight excluding hydrogens is 124 g/mol. The van der Waals surface area contributed by atoms with Crippen LogP contribution in [-0.4, -0.2) is 25.5 Å². The first-order valence-corrected chi connectivity index (χ1v) is 3.80. The van der Waals surface area contributed by atoms with E-state index in [2.05, 4.69) is 9.98 Å². The van der Waals surface area contributed by atoms with Crippen LogP contribution in [-0.2, 0) is 0 Å². The van der Waals surface area contributed by atoms with Crippen molar-refractivity contribution in [3.63, 3.8) is 0 Å². The molecule has 0 bridgehead atoms. The smallest absolute Gasteiger partial charge is 0.0554 e. The van der Waals surface area contributed by atoms with Crippen LogP contribution in [0, 0.1) is 0 Å². The highest BCUT2D eigenvalue weighted by atomic mass is 14.8. The molecule has 0 saturated heterocycles. The van der Waals surface area contributed by atoms with Crippen LogP contribution in [0.1, 0.15) is 25.7 Å². The molecule has 0 N–H and O–H groups in total. The molecule has 1 aliphatic carbocycles. The largest absolute Gasteiger partial charge is 0.291 e. The molecule has 2 heteroatoms. The molecule has 0 heterocycles. The summed E-state index contributed by atoms with van der Waals surface area (Å²) in [5.74, 6) is 0. The highest BCUT2D eigenvalue weighted by Crippen LogP contribution is 2.12. The van der Waals surface area contributed by atoms with E-state index in [4.69, 9.17) is 0 Å². The molecule has 0 aromatic rings. The molecule has 1 fully saturated rings. The second-order valence-electron chi connectivity index (χ2n) is 2.55. The Labute approximate surface area is 62.1 Å². The zero-order chi connectivity index (χ0) is 7.40. The van der Waals surface area contributed by atoms with E-state index < -0.39 is 0 Å². The van der Waals surface area contributed by atoms with E-state index in [1.165, 1.54) is 24.3 Å². The van der Waals surface area contributed by atoms with Crippen molar-refractivity contribution in [2.75, 3.05) is 14.1 Å². The summed E-state index contributed by atoms with van der Waals surface area (Å²) < 4.78 is 0. The van der Waals surface area contributed by atoms with E-state index in [-0.39, 0.29) is 0 Å². The minimum atomic E-state index is 1.13. The summed E-state index contributed by atoms with van der Waals surface area (Å²) in [5, 5.41) is 0. The first-order valence-electron chi connectivity index (χ1n) is 3.80. The Hall–Kier alpha value is -0.660. The molecule has 0 radical (unpaired) electrons. The van der Waals surface area contributed by atoms with Gasteiger partial charge in [0.05, 0.1) is 11.4 Å². The van der Waals surface area contributed by atoms with E-state index >= 15 is 0 Å². The number of hydrogen-bond acceptors (Lipinski definition) is 2. The van der Waals surface area contributed by atoms with Crippen LogP contribution in [0.15, 0.2) is 9.98 Å². The summed E-state index contributed by atoms with van der Waals surface area (Å²) in [4.78, 5) is 8.37. The first kappa shape index (κ1) is 7.45. The van der Waals surface area contributed by atoms with E-state index in [1.54, 1.807) is 0 Å². The van der Waals surface area contributed by atoms with Crippen LogP contribution in [0.3, 0.4) is 0 Å². The first-order chi connectivity index (χ1) is 4.88. The van der Waals surface area contributed by atoms with E-state index in [0.29, 0.717) is 0 Å². The summed E-state index contributed by atoms with van der Waals surface area (Å²) in [7, 11) is 3.71. The van der Waals surface area contributed by atoms with Crippen molar-refractivity contribution in [2.45, 2.75) is 25.7 Å². The molecule has 0 unspecified atom stereocenters. The van der Waals surface area contributed by atoms with Crippen molar-refractivity contribution < 1.29 is 0 Å². The van der Waals surface area contributed by atoms with Crippen LogP contribution in [0.5, 0.6) is 0 Å². The SMILES string of the molecule is CN=C1CCCCC1=NC. The van der Waals surface area contributed by atoms with Crippen molar-refractivity contribution in [3.8, 4) is 0 Å². The number of hydrogen-bond donors (Lipinski definition) is 0. The lowest BCUT2D eigenvalue weighted by molar-refractivity contribution is 0.775. The van der Waals surface area contributed by atoms with Gasteiger partial charge >= 0.3 is 0 Å². The molecule has 1 rings (SSSR count). The Kier molecular flexibility index (Phi) is 2.60. The molecule has 0 spiro atoms. The molecule has 0 amide bonds. The van der Waals surface area contributed by atoms with Crippen molar-refractivity contribution in [1.29, 1.82) is 0 Å². The minimum Gasteiger partial charge on any atom is -0.291 e. The third-order valence-electron chi connectivity index (χ3n) is 1.95. The average Bonchev–Trinajstić information content (AvgIpc) is 2.04. The Balaban J connectivity index is 2.69.